The predicted octanol–water partition coefficient (Wildman–Crippen LogP) is 1.93. The molecular formula is C16H23ClN2O6S2. The Kier molecular flexibility index (Phi) is 11.3. The molecule has 2 aromatic rings. The molecule has 0 aliphatic heterocycles. The van der Waals surface area contributed by atoms with Crippen LogP contribution in [-0.2, 0) is 36.6 Å². The summed E-state index contributed by atoms with van der Waals surface area (Å²) < 4.78 is 44.6. The monoisotopic (exact) mass is 438 g/mol. The molecule has 0 aromatic carbocycles. The molecule has 0 saturated carbocycles. The third-order valence-electron chi connectivity index (χ3n) is 2.57. The second kappa shape index (κ2) is 12.0. The maximum absolute atomic E-state index is 10.6. The van der Waals surface area contributed by atoms with Crippen molar-refractivity contribution in [2.24, 2.45) is 0 Å². The summed E-state index contributed by atoms with van der Waals surface area (Å²) in [5.74, 6) is 0. The largest absolute Gasteiger partial charge is 0.392 e. The van der Waals surface area contributed by atoms with Crippen molar-refractivity contribution in [3.8, 4) is 0 Å². The van der Waals surface area contributed by atoms with Gasteiger partial charge in [-0.2, -0.15) is 8.42 Å². The number of aliphatic hydroxyl groups excluding tert-OH is 1. The molecule has 1 N–H and O–H groups in total. The van der Waals surface area contributed by atoms with Gasteiger partial charge in [0.25, 0.3) is 10.1 Å². The van der Waals surface area contributed by atoms with Gasteiger partial charge in [0, 0.05) is 34.5 Å². The van der Waals surface area contributed by atoms with Crippen molar-refractivity contribution >= 4 is 29.9 Å². The molecule has 0 fully saturated rings. The van der Waals surface area contributed by atoms with E-state index < -0.39 is 19.2 Å². The summed E-state index contributed by atoms with van der Waals surface area (Å²) in [5.41, 5.74) is 3.48. The van der Waals surface area contributed by atoms with Crippen LogP contribution in [0.1, 0.15) is 22.5 Å². The maximum Gasteiger partial charge on any atom is 0.264 e. The van der Waals surface area contributed by atoms with Crippen LogP contribution in [0.15, 0.2) is 36.7 Å². The molecule has 2 aromatic heterocycles. The van der Waals surface area contributed by atoms with Crippen LogP contribution in [-0.4, -0.2) is 44.4 Å². The number of aromatic nitrogens is 2. The quantitative estimate of drug-likeness (QED) is 0.567. The van der Waals surface area contributed by atoms with Crippen molar-refractivity contribution in [2.75, 3.05) is 12.5 Å². The third-order valence-corrected chi connectivity index (χ3v) is 3.11. The highest BCUT2D eigenvalue weighted by atomic mass is 35.7. The number of rotatable bonds is 4. The van der Waals surface area contributed by atoms with E-state index >= 15 is 0 Å². The molecule has 8 nitrogen and oxygen atoms in total. The second-order valence-electron chi connectivity index (χ2n) is 5.42. The first-order valence-electron chi connectivity index (χ1n) is 7.48. The van der Waals surface area contributed by atoms with E-state index in [2.05, 4.69) is 24.8 Å². The van der Waals surface area contributed by atoms with Crippen molar-refractivity contribution in [2.45, 2.75) is 27.1 Å². The zero-order valence-electron chi connectivity index (χ0n) is 15.5. The van der Waals surface area contributed by atoms with Gasteiger partial charge in [-0.1, -0.05) is 12.1 Å². The van der Waals surface area contributed by atoms with Crippen LogP contribution in [0.5, 0.6) is 0 Å². The zero-order chi connectivity index (χ0) is 21.1. The number of hydrogen-bond acceptors (Lipinski definition) is 8. The van der Waals surface area contributed by atoms with Gasteiger partial charge in [-0.15, -0.1) is 0 Å². The van der Waals surface area contributed by atoms with Gasteiger partial charge in [0.05, 0.1) is 25.7 Å². The minimum absolute atomic E-state index is 0.0477. The molecule has 152 valence electrons. The molecule has 0 bridgehead atoms. The van der Waals surface area contributed by atoms with Crippen LogP contribution in [0.3, 0.4) is 0 Å². The molecule has 0 radical (unpaired) electrons. The first kappa shape index (κ1) is 25.4. The van der Waals surface area contributed by atoms with Gasteiger partial charge in [0.15, 0.2) is 0 Å². The van der Waals surface area contributed by atoms with Crippen molar-refractivity contribution in [1.29, 1.82) is 0 Å². The minimum Gasteiger partial charge on any atom is -0.392 e. The van der Waals surface area contributed by atoms with E-state index in [-0.39, 0.29) is 13.2 Å². The van der Waals surface area contributed by atoms with Gasteiger partial charge < -0.3 is 5.11 Å². The number of hydrogen-bond donors (Lipinski definition) is 1. The van der Waals surface area contributed by atoms with Crippen LogP contribution in [0.4, 0.5) is 0 Å². The lowest BCUT2D eigenvalue weighted by Gasteiger charge is -2.00. The van der Waals surface area contributed by atoms with Crippen LogP contribution in [0, 0.1) is 13.8 Å². The van der Waals surface area contributed by atoms with Gasteiger partial charge in [-0.3, -0.25) is 14.2 Å². The number of pyridine rings is 2. The van der Waals surface area contributed by atoms with Gasteiger partial charge in [0.1, 0.15) is 0 Å². The Labute approximate surface area is 164 Å². The van der Waals surface area contributed by atoms with E-state index in [1.807, 2.05) is 26.0 Å². The lowest BCUT2D eigenvalue weighted by molar-refractivity contribution is 0.281. The highest BCUT2D eigenvalue weighted by molar-refractivity contribution is 8.13. The first-order valence-corrected chi connectivity index (χ1v) is 12.0. The number of aryl methyl sites for hydroxylation is 2. The molecule has 0 aliphatic rings. The summed E-state index contributed by atoms with van der Waals surface area (Å²) >= 11 is 0. The lowest BCUT2D eigenvalue weighted by Crippen LogP contribution is -2.02. The summed E-state index contributed by atoms with van der Waals surface area (Å²) in [6.45, 7) is 3.90. The Morgan fingerprint density at radius 3 is 1.63 bits per heavy atom. The Bertz CT molecular complexity index is 876. The number of aliphatic hydroxyl groups is 1. The summed E-state index contributed by atoms with van der Waals surface area (Å²) in [6, 6.07) is 7.34. The molecule has 2 rings (SSSR count). The summed E-state index contributed by atoms with van der Waals surface area (Å²) in [4.78, 5) is 7.99. The molecular weight excluding hydrogens is 416 g/mol. The summed E-state index contributed by atoms with van der Waals surface area (Å²) in [6.07, 6.45) is 5.22. The molecule has 0 aliphatic carbocycles. The molecule has 0 amide bonds. The van der Waals surface area contributed by atoms with E-state index in [0.29, 0.717) is 0 Å². The zero-order valence-corrected chi connectivity index (χ0v) is 17.8. The molecule has 2 heterocycles. The molecule has 27 heavy (non-hydrogen) atoms. The Morgan fingerprint density at radius 2 is 1.33 bits per heavy atom. The first-order chi connectivity index (χ1) is 12.3. The van der Waals surface area contributed by atoms with Gasteiger partial charge in [-0.25, -0.2) is 8.42 Å². The van der Waals surface area contributed by atoms with E-state index in [0.717, 1.165) is 35.0 Å². The van der Waals surface area contributed by atoms with Crippen LogP contribution in [0.2, 0.25) is 0 Å². The van der Waals surface area contributed by atoms with E-state index in [9.17, 15) is 16.8 Å². The van der Waals surface area contributed by atoms with E-state index in [1.54, 1.807) is 24.5 Å². The van der Waals surface area contributed by atoms with Gasteiger partial charge in [0.2, 0.25) is 9.05 Å². The Balaban J connectivity index is 0.000000419. The second-order valence-corrected chi connectivity index (χ2v) is 10.1. The summed E-state index contributed by atoms with van der Waals surface area (Å²) in [7, 11) is -2.05. The SMILES string of the molecule is CS(=O)(=O)Cl.Cc1ccc(CO)cn1.Cc1ccc(COS(C)(=O)=O)cn1. The van der Waals surface area contributed by atoms with Crippen molar-refractivity contribution in [3.05, 3.63) is 59.2 Å². The van der Waals surface area contributed by atoms with Crippen molar-refractivity contribution in [1.82, 2.24) is 9.97 Å². The predicted molar refractivity (Wildman–Crippen MR) is 104 cm³/mol. The fourth-order valence-electron chi connectivity index (χ4n) is 1.35. The molecule has 0 spiro atoms. The van der Waals surface area contributed by atoms with E-state index in [1.165, 1.54) is 0 Å². The number of halogens is 1. The highest BCUT2D eigenvalue weighted by Crippen LogP contribution is 2.02. The number of nitrogens with zero attached hydrogens (tertiary/aromatic N) is 2. The average molecular weight is 439 g/mol. The van der Waals surface area contributed by atoms with Crippen LogP contribution in [0.25, 0.3) is 0 Å². The maximum atomic E-state index is 10.6. The molecule has 0 saturated heterocycles. The average Bonchev–Trinajstić information content (AvgIpc) is 2.53. The van der Waals surface area contributed by atoms with Crippen LogP contribution >= 0.6 is 10.7 Å². The lowest BCUT2D eigenvalue weighted by atomic mass is 10.3. The fourth-order valence-corrected chi connectivity index (χ4v) is 1.70. The third kappa shape index (κ3) is 17.6. The van der Waals surface area contributed by atoms with Crippen molar-refractivity contribution in [3.63, 3.8) is 0 Å². The van der Waals surface area contributed by atoms with Gasteiger partial charge in [-0.05, 0) is 37.1 Å². The van der Waals surface area contributed by atoms with Crippen molar-refractivity contribution < 1.29 is 26.1 Å². The highest BCUT2D eigenvalue weighted by Gasteiger charge is 2.02. The Morgan fingerprint density at radius 1 is 0.926 bits per heavy atom. The summed E-state index contributed by atoms with van der Waals surface area (Å²) in [5, 5.41) is 8.59. The fraction of sp³-hybridized carbons (Fsp3) is 0.375. The molecule has 0 unspecified atom stereocenters. The normalized spacial score (nSPS) is 10.9. The Hall–Kier alpha value is -1.59. The smallest absolute Gasteiger partial charge is 0.264 e. The van der Waals surface area contributed by atoms with E-state index in [4.69, 9.17) is 5.11 Å². The van der Waals surface area contributed by atoms with Gasteiger partial charge >= 0.3 is 0 Å². The minimum atomic E-state index is -3.36. The van der Waals surface area contributed by atoms with Crippen LogP contribution < -0.4 is 0 Å². The topological polar surface area (TPSA) is 124 Å². The molecule has 11 heteroatoms. The molecule has 0 atom stereocenters. The standard InChI is InChI=1S/C8H11NO3S.C7H9NO.CH3ClO2S/c1-7-3-4-8(5-9-7)6-12-13(2,10)11;1-6-2-3-7(5-9)4-8-6;1-5(2,3)4/h3-5H,6H2,1-2H3;2-4,9H,5H2,1H3;1H3.